The molecular weight excluding hydrogens is 132 g/mol. The second kappa shape index (κ2) is 4.60. The first-order valence-corrected chi connectivity index (χ1v) is 6.42. The van der Waals surface area contributed by atoms with Gasteiger partial charge in [-0.05, 0) is 0 Å². The predicted octanol–water partition coefficient (Wildman–Crippen LogP) is 3.27. The molecule has 0 unspecified atom stereocenters. The van der Waals surface area contributed by atoms with Gasteiger partial charge in [0.15, 0.2) is 0 Å². The molecule has 0 aromatic carbocycles. The molecule has 1 heteroatoms. The topological polar surface area (TPSA) is 0 Å². The van der Waals surface area contributed by atoms with Crippen LogP contribution in [-0.2, 0) is 0 Å². The van der Waals surface area contributed by atoms with Gasteiger partial charge < -0.3 is 0 Å². The van der Waals surface area contributed by atoms with Crippen molar-refractivity contribution in [3.63, 3.8) is 0 Å². The Morgan fingerprint density at radius 2 is 1.70 bits per heavy atom. The summed E-state index contributed by atoms with van der Waals surface area (Å²) in [4.78, 5) is 0. The van der Waals surface area contributed by atoms with Crippen LogP contribution >= 0.6 is 0 Å². The fourth-order valence-corrected chi connectivity index (χ4v) is 4.47. The molecule has 0 N–H and O–H groups in total. The fraction of sp³-hybridized carbons (Fsp3) is 1.00. The van der Waals surface area contributed by atoms with Crippen LogP contribution in [0.5, 0.6) is 0 Å². The summed E-state index contributed by atoms with van der Waals surface area (Å²) in [6.45, 7) is 4.81. The van der Waals surface area contributed by atoms with Gasteiger partial charge in [0.05, 0.1) is 0 Å². The Morgan fingerprint density at radius 3 is 2.20 bits per heavy atom. The van der Waals surface area contributed by atoms with E-state index in [4.69, 9.17) is 0 Å². The SMILES string of the molecule is C[CH](C)[Mg][CH]1CCCCC1. The second-order valence-corrected chi connectivity index (χ2v) is 7.39. The van der Waals surface area contributed by atoms with Crippen molar-refractivity contribution in [1.29, 1.82) is 0 Å². The van der Waals surface area contributed by atoms with E-state index in [2.05, 4.69) is 13.8 Å². The van der Waals surface area contributed by atoms with Gasteiger partial charge in [-0.15, -0.1) is 8.09 Å². The minimum atomic E-state index is 0.300. The van der Waals surface area contributed by atoms with E-state index >= 15 is 0 Å². The summed E-state index contributed by atoms with van der Waals surface area (Å²) < 4.78 is 2.27. The monoisotopic (exact) mass is 150 g/mol. The Morgan fingerprint density at radius 1 is 1.10 bits per heavy atom. The number of hydrogen-bond acceptors (Lipinski definition) is 0. The van der Waals surface area contributed by atoms with E-state index in [9.17, 15) is 0 Å². The molecule has 0 nitrogen and oxygen atoms in total. The van der Waals surface area contributed by atoms with Gasteiger partial charge in [0.25, 0.3) is 0 Å². The van der Waals surface area contributed by atoms with Crippen molar-refractivity contribution in [2.24, 2.45) is 0 Å². The number of rotatable bonds is 2. The van der Waals surface area contributed by atoms with Crippen LogP contribution in [0.15, 0.2) is 0 Å². The van der Waals surface area contributed by atoms with Crippen molar-refractivity contribution in [3.8, 4) is 0 Å². The molecule has 1 saturated carbocycles. The van der Waals surface area contributed by atoms with Crippen LogP contribution in [0.3, 0.4) is 0 Å². The standard InChI is InChI=1S/C6H11.C3H7.Mg/c1-2-4-6-5-3-1;1-3-2;/h1H,2-6H2;3H,1-2H3;. The van der Waals surface area contributed by atoms with Crippen molar-refractivity contribution in [1.82, 2.24) is 0 Å². The molecule has 0 spiro atoms. The molecule has 0 aromatic rings. The van der Waals surface area contributed by atoms with Crippen molar-refractivity contribution in [2.45, 2.75) is 54.0 Å². The van der Waals surface area contributed by atoms with Gasteiger partial charge in [-0.2, -0.15) is 0 Å². The zero-order valence-corrected chi connectivity index (χ0v) is 8.81. The Labute approximate surface area is 74.5 Å². The lowest BCUT2D eigenvalue weighted by molar-refractivity contribution is 0.498. The zero-order chi connectivity index (χ0) is 7.40. The fourth-order valence-electron chi connectivity index (χ4n) is 2.09. The largest absolute Gasteiger partial charge is 0.372 e. The van der Waals surface area contributed by atoms with Gasteiger partial charge in [0.2, 0.25) is 0 Å². The molecule has 0 aliphatic heterocycles. The lowest BCUT2D eigenvalue weighted by Crippen LogP contribution is -2.10. The molecule has 1 aliphatic rings. The van der Waals surface area contributed by atoms with Gasteiger partial charge in [-0.3, -0.25) is 0 Å². The van der Waals surface area contributed by atoms with E-state index in [1.165, 1.54) is 23.3 Å². The molecule has 56 valence electrons. The molecule has 0 aromatic heterocycles. The van der Waals surface area contributed by atoms with E-state index in [0.29, 0.717) is 20.4 Å². The van der Waals surface area contributed by atoms with Gasteiger partial charge >= 0.3 is 20.4 Å². The lowest BCUT2D eigenvalue weighted by atomic mass is 10.00. The summed E-state index contributed by atoms with van der Waals surface area (Å²) in [7, 11) is 0. The Bertz CT molecular complexity index is 82.7. The second-order valence-electron chi connectivity index (χ2n) is 4.13. The molecule has 10 heavy (non-hydrogen) atoms. The van der Waals surface area contributed by atoms with Crippen LogP contribution in [0, 0.1) is 0 Å². The van der Waals surface area contributed by atoms with Crippen LogP contribution in [0.1, 0.15) is 46.0 Å². The van der Waals surface area contributed by atoms with Crippen LogP contribution < -0.4 is 0 Å². The van der Waals surface area contributed by atoms with Gasteiger partial charge in [-0.25, -0.2) is 0 Å². The highest BCUT2D eigenvalue weighted by atomic mass is 24.5. The summed E-state index contributed by atoms with van der Waals surface area (Å²) >= 11 is 0.300. The molecule has 1 aliphatic carbocycles. The summed E-state index contributed by atoms with van der Waals surface area (Å²) in [6.07, 6.45) is 7.73. The molecule has 0 radical (unpaired) electrons. The lowest BCUT2D eigenvalue weighted by Gasteiger charge is -2.22. The van der Waals surface area contributed by atoms with Crippen molar-refractivity contribution in [2.75, 3.05) is 0 Å². The smallest absolute Gasteiger partial charge is 0.140 e. The van der Waals surface area contributed by atoms with Crippen LogP contribution in [0.4, 0.5) is 0 Å². The van der Waals surface area contributed by atoms with Gasteiger partial charge in [0, 0.05) is 0 Å². The highest BCUT2D eigenvalue weighted by Gasteiger charge is 2.16. The first-order valence-electron chi connectivity index (χ1n) is 4.79. The summed E-state index contributed by atoms with van der Waals surface area (Å²) in [5, 5.41) is 0. The molecular formula is C9H18Mg. The van der Waals surface area contributed by atoms with Crippen molar-refractivity contribution in [3.05, 3.63) is 0 Å². The quantitative estimate of drug-likeness (QED) is 0.530. The van der Waals surface area contributed by atoms with E-state index in [-0.39, 0.29) is 0 Å². The molecule has 0 amide bonds. The van der Waals surface area contributed by atoms with E-state index < -0.39 is 0 Å². The maximum Gasteiger partial charge on any atom is 0.372 e. The average Bonchev–Trinajstić information content (AvgIpc) is 1.88. The van der Waals surface area contributed by atoms with Gasteiger partial charge in [-0.1, -0.05) is 46.0 Å². The normalized spacial score (nSPS) is 21.1. The average molecular weight is 151 g/mol. The summed E-state index contributed by atoms with van der Waals surface area (Å²) in [5.41, 5.74) is 0. The molecule has 0 heterocycles. The molecule has 0 atom stereocenters. The Kier molecular flexibility index (Phi) is 4.08. The molecule has 0 bridgehead atoms. The predicted molar refractivity (Wildman–Crippen MR) is 47.7 cm³/mol. The number of hydrogen-bond donors (Lipinski definition) is 0. The maximum atomic E-state index is 2.40. The third kappa shape index (κ3) is 3.24. The highest BCUT2D eigenvalue weighted by molar-refractivity contribution is 6.39. The zero-order valence-electron chi connectivity index (χ0n) is 7.40. The first kappa shape index (κ1) is 8.86. The third-order valence-corrected chi connectivity index (χ3v) is 4.96. The van der Waals surface area contributed by atoms with Crippen molar-refractivity contribution < 1.29 is 0 Å². The molecule has 1 rings (SSSR count). The van der Waals surface area contributed by atoms with Crippen LogP contribution in [0.25, 0.3) is 0 Å². The van der Waals surface area contributed by atoms with Gasteiger partial charge in [0.1, 0.15) is 0 Å². The Balaban J connectivity index is 2.13. The Hall–Kier alpha value is 0.766. The highest BCUT2D eigenvalue weighted by Crippen LogP contribution is 2.29. The van der Waals surface area contributed by atoms with Crippen LogP contribution in [-0.4, -0.2) is 20.4 Å². The molecule has 1 fully saturated rings. The minimum absolute atomic E-state index is 0.300. The summed E-state index contributed by atoms with van der Waals surface area (Å²) in [6, 6.07) is 0. The molecule has 0 saturated heterocycles. The third-order valence-electron chi connectivity index (χ3n) is 2.53. The van der Waals surface area contributed by atoms with E-state index in [0.717, 1.165) is 4.05 Å². The van der Waals surface area contributed by atoms with E-state index in [1.54, 1.807) is 12.8 Å². The van der Waals surface area contributed by atoms with E-state index in [1.807, 2.05) is 0 Å². The minimum Gasteiger partial charge on any atom is -0.140 e. The van der Waals surface area contributed by atoms with Crippen LogP contribution in [0.2, 0.25) is 8.09 Å². The first-order chi connectivity index (χ1) is 4.79. The van der Waals surface area contributed by atoms with Crippen molar-refractivity contribution >= 4 is 20.4 Å². The maximum absolute atomic E-state index is 2.40. The summed E-state index contributed by atoms with van der Waals surface area (Å²) in [5.74, 6) is 0.